The predicted octanol–water partition coefficient (Wildman–Crippen LogP) is 2.75. The molecule has 0 aliphatic carbocycles. The summed E-state index contributed by atoms with van der Waals surface area (Å²) < 4.78 is 5.92. The van der Waals surface area contributed by atoms with Gasteiger partial charge in [0.15, 0.2) is 0 Å². The molecule has 0 fully saturated rings. The van der Waals surface area contributed by atoms with Gasteiger partial charge in [-0.25, -0.2) is 4.98 Å². The third-order valence-electron chi connectivity index (χ3n) is 2.13. The normalized spacial score (nSPS) is 10.9. The van der Waals surface area contributed by atoms with Crippen LogP contribution < -0.4 is 4.90 Å². The van der Waals surface area contributed by atoms with E-state index in [0.717, 1.165) is 16.8 Å². The number of methoxy groups -OCH3 is 1. The van der Waals surface area contributed by atoms with Crippen molar-refractivity contribution in [1.82, 2.24) is 9.97 Å². The molecule has 0 radical (unpaired) electrons. The summed E-state index contributed by atoms with van der Waals surface area (Å²) in [6.07, 6.45) is 1.66. The van der Waals surface area contributed by atoms with E-state index < -0.39 is 0 Å². The molecule has 4 nitrogen and oxygen atoms in total. The monoisotopic (exact) mass is 307 g/mol. The van der Waals surface area contributed by atoms with Gasteiger partial charge in [0.2, 0.25) is 5.28 Å². The van der Waals surface area contributed by atoms with Gasteiger partial charge in [-0.3, -0.25) is 0 Å². The van der Waals surface area contributed by atoms with Gasteiger partial charge in [-0.2, -0.15) is 4.98 Å². The molecule has 6 heteroatoms. The number of hydrogen-bond acceptors (Lipinski definition) is 4. The molecule has 1 aromatic rings. The van der Waals surface area contributed by atoms with Gasteiger partial charge in [-0.15, -0.1) is 0 Å². The van der Waals surface area contributed by atoms with Gasteiger partial charge in [0.25, 0.3) is 0 Å². The first-order chi connectivity index (χ1) is 7.56. The van der Waals surface area contributed by atoms with Gasteiger partial charge in [-0.1, -0.05) is 0 Å². The van der Waals surface area contributed by atoms with Gasteiger partial charge >= 0.3 is 0 Å². The lowest BCUT2D eigenvalue weighted by Crippen LogP contribution is -2.34. The smallest absolute Gasteiger partial charge is 0.224 e. The molecule has 1 aromatic heterocycles. The second-order valence-electron chi connectivity index (χ2n) is 3.59. The third-order valence-corrected chi connectivity index (χ3v) is 2.87. The van der Waals surface area contributed by atoms with Crippen molar-refractivity contribution in [2.24, 2.45) is 0 Å². The zero-order valence-corrected chi connectivity index (χ0v) is 11.9. The maximum Gasteiger partial charge on any atom is 0.224 e. The summed E-state index contributed by atoms with van der Waals surface area (Å²) in [5.41, 5.74) is 0. The SMILES string of the molecule is COCCN(c1nc(Cl)ncc1Br)C(C)C. The molecule has 90 valence electrons. The quantitative estimate of drug-likeness (QED) is 0.784. The van der Waals surface area contributed by atoms with Crippen LogP contribution in [0.4, 0.5) is 5.82 Å². The van der Waals surface area contributed by atoms with Crippen LogP contribution in [-0.2, 0) is 4.74 Å². The summed E-state index contributed by atoms with van der Waals surface area (Å²) in [5, 5.41) is 0.251. The van der Waals surface area contributed by atoms with E-state index >= 15 is 0 Å². The molecular weight excluding hydrogens is 293 g/mol. The predicted molar refractivity (Wildman–Crippen MR) is 69.1 cm³/mol. The Hall–Kier alpha value is -0.390. The lowest BCUT2D eigenvalue weighted by atomic mass is 10.3. The van der Waals surface area contributed by atoms with Crippen LogP contribution in [0, 0.1) is 0 Å². The molecule has 0 saturated carbocycles. The van der Waals surface area contributed by atoms with E-state index in [4.69, 9.17) is 16.3 Å². The van der Waals surface area contributed by atoms with Crippen molar-refractivity contribution >= 4 is 33.3 Å². The first kappa shape index (κ1) is 13.7. The lowest BCUT2D eigenvalue weighted by Gasteiger charge is -2.28. The van der Waals surface area contributed by atoms with Crippen molar-refractivity contribution in [1.29, 1.82) is 0 Å². The molecule has 0 spiro atoms. The molecule has 0 aliphatic rings. The number of halogens is 2. The Morgan fingerprint density at radius 3 is 2.81 bits per heavy atom. The molecule has 0 N–H and O–H groups in total. The molecule has 1 heterocycles. The minimum Gasteiger partial charge on any atom is -0.383 e. The number of anilines is 1. The molecule has 0 amide bonds. The third kappa shape index (κ3) is 3.57. The van der Waals surface area contributed by atoms with E-state index in [1.54, 1.807) is 13.3 Å². The van der Waals surface area contributed by atoms with Gasteiger partial charge in [0.1, 0.15) is 5.82 Å². The zero-order valence-electron chi connectivity index (χ0n) is 9.57. The van der Waals surface area contributed by atoms with Crippen molar-refractivity contribution < 1.29 is 4.74 Å². The summed E-state index contributed by atoms with van der Waals surface area (Å²) in [6.45, 7) is 5.60. The van der Waals surface area contributed by atoms with Crippen molar-refractivity contribution in [2.45, 2.75) is 19.9 Å². The van der Waals surface area contributed by atoms with Gasteiger partial charge in [-0.05, 0) is 41.4 Å². The molecule has 0 bridgehead atoms. The van der Waals surface area contributed by atoms with E-state index in [0.29, 0.717) is 12.6 Å². The zero-order chi connectivity index (χ0) is 12.1. The highest BCUT2D eigenvalue weighted by Crippen LogP contribution is 2.25. The van der Waals surface area contributed by atoms with Crippen LogP contribution in [0.3, 0.4) is 0 Å². The van der Waals surface area contributed by atoms with Crippen LogP contribution in [0.1, 0.15) is 13.8 Å². The van der Waals surface area contributed by atoms with Crippen molar-refractivity contribution in [3.8, 4) is 0 Å². The molecule has 0 unspecified atom stereocenters. The van der Waals surface area contributed by atoms with Gasteiger partial charge in [0.05, 0.1) is 11.1 Å². The van der Waals surface area contributed by atoms with E-state index in [1.807, 2.05) is 0 Å². The van der Waals surface area contributed by atoms with Crippen LogP contribution >= 0.6 is 27.5 Å². The second kappa shape index (κ2) is 6.37. The molecule has 1 rings (SSSR count). The Morgan fingerprint density at radius 1 is 1.56 bits per heavy atom. The van der Waals surface area contributed by atoms with Crippen LogP contribution in [0.2, 0.25) is 5.28 Å². The molecular formula is C10H15BrClN3O. The minimum absolute atomic E-state index is 0.251. The largest absolute Gasteiger partial charge is 0.383 e. The summed E-state index contributed by atoms with van der Waals surface area (Å²) in [4.78, 5) is 10.2. The average molecular weight is 309 g/mol. The highest BCUT2D eigenvalue weighted by molar-refractivity contribution is 9.10. The second-order valence-corrected chi connectivity index (χ2v) is 4.78. The summed E-state index contributed by atoms with van der Waals surface area (Å²) in [7, 11) is 1.68. The van der Waals surface area contributed by atoms with E-state index in [2.05, 4.69) is 44.6 Å². The van der Waals surface area contributed by atoms with Crippen LogP contribution in [0.15, 0.2) is 10.7 Å². The first-order valence-corrected chi connectivity index (χ1v) is 6.17. The fourth-order valence-electron chi connectivity index (χ4n) is 1.34. The Labute approximate surface area is 109 Å². The number of ether oxygens (including phenoxy) is 1. The minimum atomic E-state index is 0.251. The number of aromatic nitrogens is 2. The summed E-state index contributed by atoms with van der Waals surface area (Å²) in [6, 6.07) is 0.317. The first-order valence-electron chi connectivity index (χ1n) is 5.00. The number of rotatable bonds is 5. The molecule has 0 aromatic carbocycles. The fraction of sp³-hybridized carbons (Fsp3) is 0.600. The maximum absolute atomic E-state index is 5.80. The van der Waals surface area contributed by atoms with Crippen LogP contribution in [-0.4, -0.2) is 36.3 Å². The molecule has 0 saturated heterocycles. The van der Waals surface area contributed by atoms with Gasteiger partial charge in [0, 0.05) is 25.9 Å². The van der Waals surface area contributed by atoms with Crippen molar-refractivity contribution in [3.63, 3.8) is 0 Å². The highest BCUT2D eigenvalue weighted by Gasteiger charge is 2.15. The topological polar surface area (TPSA) is 38.2 Å². The van der Waals surface area contributed by atoms with Crippen LogP contribution in [0.5, 0.6) is 0 Å². The van der Waals surface area contributed by atoms with E-state index in [-0.39, 0.29) is 5.28 Å². The molecule has 16 heavy (non-hydrogen) atoms. The molecule has 0 aliphatic heterocycles. The van der Waals surface area contributed by atoms with Crippen molar-refractivity contribution in [2.75, 3.05) is 25.2 Å². The summed E-state index contributed by atoms with van der Waals surface area (Å²) >= 11 is 9.22. The summed E-state index contributed by atoms with van der Waals surface area (Å²) in [5.74, 6) is 0.798. The van der Waals surface area contributed by atoms with E-state index in [1.165, 1.54) is 0 Å². The Balaban J connectivity index is 2.95. The fourth-order valence-corrected chi connectivity index (χ4v) is 1.88. The Bertz CT molecular complexity index is 349. The van der Waals surface area contributed by atoms with Gasteiger partial charge < -0.3 is 9.64 Å². The molecule has 0 atom stereocenters. The number of hydrogen-bond donors (Lipinski definition) is 0. The lowest BCUT2D eigenvalue weighted by molar-refractivity contribution is 0.203. The Morgan fingerprint density at radius 2 is 2.25 bits per heavy atom. The maximum atomic E-state index is 5.80. The number of nitrogens with zero attached hydrogens (tertiary/aromatic N) is 3. The average Bonchev–Trinajstić information content (AvgIpc) is 2.23. The Kier molecular flexibility index (Phi) is 5.44. The van der Waals surface area contributed by atoms with E-state index in [9.17, 15) is 0 Å². The highest BCUT2D eigenvalue weighted by atomic mass is 79.9. The van der Waals surface area contributed by atoms with Crippen molar-refractivity contribution in [3.05, 3.63) is 16.0 Å². The van der Waals surface area contributed by atoms with Crippen LogP contribution in [0.25, 0.3) is 0 Å². The standard InChI is InChI=1S/C10H15BrClN3O/c1-7(2)15(4-5-16-3)9-8(11)6-13-10(12)14-9/h6-7H,4-5H2,1-3H3.